The first-order valence-electron chi connectivity index (χ1n) is 12.0. The fourth-order valence-electron chi connectivity index (χ4n) is 3.13. The molecule has 11 nitrogen and oxygen atoms in total. The molecule has 0 spiro atoms. The summed E-state index contributed by atoms with van der Waals surface area (Å²) in [5.74, 6) is -1.08. The molecule has 0 saturated carbocycles. The van der Waals surface area contributed by atoms with Gasteiger partial charge in [-0.15, -0.1) is 17.3 Å². The van der Waals surface area contributed by atoms with Gasteiger partial charge in [-0.3, -0.25) is 24.0 Å². The van der Waals surface area contributed by atoms with E-state index < -0.39 is 0 Å². The second kappa shape index (κ2) is 16.4. The molecule has 3 fully saturated rings. The molecule has 12 heteroatoms. The molecule has 0 atom stereocenters. The van der Waals surface area contributed by atoms with E-state index in [4.69, 9.17) is 0 Å². The minimum Gasteiger partial charge on any atom is -0.876 e. The molecular weight excluding hydrogens is 521 g/mol. The van der Waals surface area contributed by atoms with Crippen LogP contribution in [0.15, 0.2) is 58.7 Å². The third-order valence-corrected chi connectivity index (χ3v) is 4.71. The van der Waals surface area contributed by atoms with Crippen molar-refractivity contribution in [3.05, 3.63) is 58.7 Å². The molecule has 0 bridgehead atoms. The molecule has 3 heterocycles. The summed E-state index contributed by atoms with van der Waals surface area (Å²) in [6.07, 6.45) is 4.69. The molecule has 3 aliphatic heterocycles. The summed E-state index contributed by atoms with van der Waals surface area (Å²) in [5, 5.41) is 29.9. The number of carbonyl (C=O) groups is 5. The summed E-state index contributed by atoms with van der Waals surface area (Å²) in [7, 11) is 0. The number of hydrogen-bond acceptors (Lipinski definition) is 11. The number of hydrogen-bond donors (Lipinski definition) is 0. The van der Waals surface area contributed by atoms with Crippen LogP contribution in [0.1, 0.15) is 41.5 Å². The first-order chi connectivity index (χ1) is 17.6. The molecule has 0 aromatic heterocycles. The summed E-state index contributed by atoms with van der Waals surface area (Å²) in [6.45, 7) is 13.5. The summed E-state index contributed by atoms with van der Waals surface area (Å²) in [5.41, 5.74) is 1.89. The Balaban J connectivity index is 0.000000559. The number of Topliss-reactive ketones (excluding diaryl/α,β-unsaturated/α-hetero) is 1. The van der Waals surface area contributed by atoms with Crippen LogP contribution >= 0.6 is 0 Å². The summed E-state index contributed by atoms with van der Waals surface area (Å²) < 4.78 is 0. The van der Waals surface area contributed by atoms with Crippen LogP contribution in [0.2, 0.25) is 0 Å². The molecule has 0 N–H and O–H groups in total. The monoisotopic (exact) mass is 555 g/mol. The largest absolute Gasteiger partial charge is 3.00 e. The number of nitrogens with zero attached hydrogens (tertiary/aromatic N) is 3. The second-order valence-corrected chi connectivity index (χ2v) is 8.98. The number of allylic oxidation sites excluding steroid dienone is 7. The zero-order chi connectivity index (χ0) is 29.2. The van der Waals surface area contributed by atoms with Gasteiger partial charge in [0.25, 0.3) is 0 Å². The minimum absolute atomic E-state index is 0. The van der Waals surface area contributed by atoms with Crippen LogP contribution in [0.3, 0.4) is 0 Å². The Morgan fingerprint density at radius 1 is 0.615 bits per heavy atom. The van der Waals surface area contributed by atoms with Crippen LogP contribution < -0.4 is 15.3 Å². The Bertz CT molecular complexity index is 1040. The molecule has 208 valence electrons. The van der Waals surface area contributed by atoms with Crippen LogP contribution in [0, 0.1) is 0 Å². The molecule has 3 saturated heterocycles. The van der Waals surface area contributed by atoms with E-state index in [0.29, 0.717) is 17.1 Å². The van der Waals surface area contributed by atoms with E-state index in [1.807, 2.05) is 14.7 Å². The molecule has 4 rings (SSSR count). The normalized spacial score (nSPS) is 17.7. The van der Waals surface area contributed by atoms with Gasteiger partial charge in [-0.2, -0.15) is 0 Å². The first kappa shape index (κ1) is 35.4. The Labute approximate surface area is 239 Å². The molecule has 0 unspecified atom stereocenters. The van der Waals surface area contributed by atoms with Crippen LogP contribution in [0.5, 0.6) is 0 Å². The quantitative estimate of drug-likeness (QED) is 0.121. The van der Waals surface area contributed by atoms with E-state index in [0.717, 1.165) is 57.5 Å². The predicted molar refractivity (Wildman–Crippen MR) is 139 cm³/mol. The first-order valence-corrected chi connectivity index (χ1v) is 12.0. The van der Waals surface area contributed by atoms with Crippen molar-refractivity contribution in [2.75, 3.05) is 39.3 Å². The summed E-state index contributed by atoms with van der Waals surface area (Å²) >= 11 is 0. The fraction of sp³-hybridized carbons (Fsp3) is 0.444. The van der Waals surface area contributed by atoms with Crippen molar-refractivity contribution in [2.45, 2.75) is 41.5 Å². The fourth-order valence-corrected chi connectivity index (χ4v) is 3.13. The number of carbonyl (C=O) groups excluding carboxylic acids is 5. The van der Waals surface area contributed by atoms with Crippen LogP contribution in [0.25, 0.3) is 0 Å². The molecule has 0 amide bonds. The smallest absolute Gasteiger partial charge is 0.876 e. The van der Waals surface area contributed by atoms with Crippen molar-refractivity contribution < 1.29 is 39.3 Å². The van der Waals surface area contributed by atoms with Crippen molar-refractivity contribution in [1.29, 1.82) is 0 Å². The van der Waals surface area contributed by atoms with Gasteiger partial charge in [0.15, 0.2) is 17.3 Å². The van der Waals surface area contributed by atoms with Gasteiger partial charge in [0.1, 0.15) is 11.4 Å². The standard InChI is InChI=1S/C12H13N3O2.3C5H8O2.Al/c16-9-7-8(13-1-2-13)12(17)11(15-5-6-15)10(9)14-3-4-14;3*1-4(6)3-5(2)7;/h7H,1-6H2;3*3,6H,1-2H3;/q;;;;+3/p-3/b;3*4-3-;. The molecule has 39 heavy (non-hydrogen) atoms. The Kier molecular flexibility index (Phi) is 14.8. The van der Waals surface area contributed by atoms with Gasteiger partial charge in [-0.25, -0.2) is 0 Å². The van der Waals surface area contributed by atoms with E-state index >= 15 is 0 Å². The van der Waals surface area contributed by atoms with E-state index in [-0.39, 0.29) is 63.6 Å². The zero-order valence-electron chi connectivity index (χ0n) is 23.2. The van der Waals surface area contributed by atoms with Crippen molar-refractivity contribution in [1.82, 2.24) is 14.7 Å². The maximum Gasteiger partial charge on any atom is 3.00 e. The summed E-state index contributed by atoms with van der Waals surface area (Å²) in [4.78, 5) is 60.4. The molecule has 1 aliphatic carbocycles. The van der Waals surface area contributed by atoms with Gasteiger partial charge in [0.2, 0.25) is 11.6 Å². The Morgan fingerprint density at radius 3 is 1.15 bits per heavy atom. The minimum atomic E-state index is -0.187. The van der Waals surface area contributed by atoms with E-state index in [1.54, 1.807) is 0 Å². The average Bonchev–Trinajstić information content (AvgIpc) is 3.58. The van der Waals surface area contributed by atoms with E-state index in [1.165, 1.54) is 47.6 Å². The van der Waals surface area contributed by atoms with E-state index in [2.05, 4.69) is 0 Å². The molecule has 0 aromatic rings. The average molecular weight is 556 g/mol. The van der Waals surface area contributed by atoms with Crippen molar-refractivity contribution in [3.63, 3.8) is 0 Å². The van der Waals surface area contributed by atoms with Crippen LogP contribution in [-0.4, -0.2) is 100 Å². The van der Waals surface area contributed by atoms with Crippen LogP contribution in [0.4, 0.5) is 0 Å². The Morgan fingerprint density at radius 2 is 0.923 bits per heavy atom. The molecule has 4 aliphatic rings. The maximum absolute atomic E-state index is 12.4. The number of rotatable bonds is 6. The predicted octanol–water partition coefficient (Wildman–Crippen LogP) is -1.68. The SMILES string of the molecule is CC(=O)/C=C(/C)[O-].CC(=O)/C=C(/C)[O-].CC(=O)/C=C(/C)[O-].O=C1C=C(N2CC2)C(=O)C(N2CC2)=C1N1CC1.[Al+3]. The van der Waals surface area contributed by atoms with Crippen molar-refractivity contribution >= 4 is 46.3 Å². The topological polar surface area (TPSA) is 164 Å². The third kappa shape index (κ3) is 14.8. The third-order valence-electron chi connectivity index (χ3n) is 4.71. The molecular formula is C27H34AlN3O8. The Hall–Kier alpha value is -3.62. The van der Waals surface area contributed by atoms with Crippen molar-refractivity contribution in [2.24, 2.45) is 0 Å². The molecule has 0 aromatic carbocycles. The number of ketones is 5. The van der Waals surface area contributed by atoms with Gasteiger partial charge in [-0.1, -0.05) is 20.8 Å². The van der Waals surface area contributed by atoms with Gasteiger partial charge in [-0.05, 0) is 39.0 Å². The van der Waals surface area contributed by atoms with Crippen molar-refractivity contribution in [3.8, 4) is 0 Å². The zero-order valence-corrected chi connectivity index (χ0v) is 24.4. The summed E-state index contributed by atoms with van der Waals surface area (Å²) in [6, 6.07) is 0. The van der Waals surface area contributed by atoms with E-state index in [9.17, 15) is 39.3 Å². The van der Waals surface area contributed by atoms with Crippen LogP contribution in [-0.2, 0) is 24.0 Å². The second-order valence-electron chi connectivity index (χ2n) is 8.98. The van der Waals surface area contributed by atoms with Gasteiger partial charge >= 0.3 is 17.4 Å². The maximum atomic E-state index is 12.4. The van der Waals surface area contributed by atoms with Gasteiger partial charge in [0, 0.05) is 45.3 Å². The van der Waals surface area contributed by atoms with Gasteiger partial charge in [0.05, 0.1) is 5.70 Å². The molecule has 0 radical (unpaired) electrons. The van der Waals surface area contributed by atoms with Gasteiger partial charge < -0.3 is 30.0 Å².